The summed E-state index contributed by atoms with van der Waals surface area (Å²) in [5.74, 6) is 1.57. The highest BCUT2D eigenvalue weighted by Crippen LogP contribution is 2.37. The lowest BCUT2D eigenvalue weighted by atomic mass is 10.0. The van der Waals surface area contributed by atoms with Gasteiger partial charge in [0.15, 0.2) is 16.9 Å². The van der Waals surface area contributed by atoms with Gasteiger partial charge in [0, 0.05) is 11.6 Å². The maximum absolute atomic E-state index is 6.20. The van der Waals surface area contributed by atoms with Gasteiger partial charge in [0.05, 0.1) is 12.4 Å². The normalized spacial score (nSPS) is 22.1. The third-order valence-corrected chi connectivity index (χ3v) is 5.38. The molecule has 0 spiro atoms. The molecule has 0 aliphatic carbocycles. The lowest BCUT2D eigenvalue weighted by molar-refractivity contribution is -0.00304. The van der Waals surface area contributed by atoms with Gasteiger partial charge in [0.2, 0.25) is 0 Å². The molecule has 1 fully saturated rings. The van der Waals surface area contributed by atoms with Crippen LogP contribution in [-0.4, -0.2) is 30.6 Å². The second-order valence-corrected chi connectivity index (χ2v) is 7.19. The summed E-state index contributed by atoms with van der Waals surface area (Å²) in [5, 5.41) is 1.01. The van der Waals surface area contributed by atoms with Gasteiger partial charge in [-0.3, -0.25) is 9.55 Å². The van der Waals surface area contributed by atoms with E-state index >= 15 is 0 Å². The average molecular weight is 375 g/mol. The van der Waals surface area contributed by atoms with Crippen molar-refractivity contribution in [3.05, 3.63) is 49.2 Å². The summed E-state index contributed by atoms with van der Waals surface area (Å²) in [6.45, 7) is 4.38. The van der Waals surface area contributed by atoms with E-state index in [4.69, 9.17) is 9.47 Å². The summed E-state index contributed by atoms with van der Waals surface area (Å²) in [6.07, 6.45) is 7.17. The van der Waals surface area contributed by atoms with Crippen molar-refractivity contribution in [1.29, 1.82) is 0 Å². The third kappa shape index (κ3) is 2.79. The highest BCUT2D eigenvalue weighted by atomic mass is 16.5. The molecule has 3 aromatic heterocycles. The van der Waals surface area contributed by atoms with E-state index in [2.05, 4.69) is 33.8 Å². The molecular weight excluding hydrogens is 354 g/mol. The molecule has 1 aromatic carbocycles. The van der Waals surface area contributed by atoms with Crippen LogP contribution in [0.2, 0.25) is 0 Å². The first kappa shape index (κ1) is 17.1. The molecule has 0 N–H and O–H groups in total. The standard InChI is InChI=1S/C21H21N5O2/c1-3-15-13(2)10-17(27-15)26-12-25-19-20(26)23-11-24-21(19)28-16-8-4-6-14-7-5-9-22-18(14)16/h4-9,11-13,15,17H,3,10H2,1-2H3/t13-,15-,17-/m1/s1. The molecular formula is C21H21N5O2. The topological polar surface area (TPSA) is 75.0 Å². The Morgan fingerprint density at radius 1 is 1.11 bits per heavy atom. The lowest BCUT2D eigenvalue weighted by Crippen LogP contribution is -2.12. The van der Waals surface area contributed by atoms with Crippen LogP contribution in [0.1, 0.15) is 32.9 Å². The predicted molar refractivity (Wildman–Crippen MR) is 105 cm³/mol. The molecule has 0 radical (unpaired) electrons. The highest BCUT2D eigenvalue weighted by Gasteiger charge is 2.33. The van der Waals surface area contributed by atoms with Crippen LogP contribution >= 0.6 is 0 Å². The first-order valence-corrected chi connectivity index (χ1v) is 9.59. The highest BCUT2D eigenvalue weighted by molar-refractivity contribution is 5.85. The second-order valence-electron chi connectivity index (χ2n) is 7.19. The minimum absolute atomic E-state index is 0.0630. The van der Waals surface area contributed by atoms with Crippen LogP contribution in [0.5, 0.6) is 11.6 Å². The molecule has 1 aliphatic rings. The fraction of sp³-hybridized carbons (Fsp3) is 0.333. The molecule has 4 aromatic rings. The fourth-order valence-electron chi connectivity index (χ4n) is 3.92. The summed E-state index contributed by atoms with van der Waals surface area (Å²) in [5.41, 5.74) is 2.12. The van der Waals surface area contributed by atoms with Gasteiger partial charge in [-0.1, -0.05) is 32.0 Å². The number of ether oxygens (including phenoxy) is 2. The van der Waals surface area contributed by atoms with Crippen LogP contribution in [0.3, 0.4) is 0 Å². The Morgan fingerprint density at radius 3 is 2.86 bits per heavy atom. The van der Waals surface area contributed by atoms with Crippen molar-refractivity contribution >= 4 is 22.1 Å². The van der Waals surface area contributed by atoms with Gasteiger partial charge in [-0.05, 0) is 30.9 Å². The van der Waals surface area contributed by atoms with Gasteiger partial charge in [-0.15, -0.1) is 0 Å². The van der Waals surface area contributed by atoms with E-state index < -0.39 is 0 Å². The predicted octanol–water partition coefficient (Wildman–Crippen LogP) is 4.50. The average Bonchev–Trinajstić information content (AvgIpc) is 3.32. The Morgan fingerprint density at radius 2 is 2.00 bits per heavy atom. The zero-order chi connectivity index (χ0) is 19.1. The molecule has 4 heterocycles. The van der Waals surface area contributed by atoms with Crippen LogP contribution in [0.4, 0.5) is 0 Å². The molecule has 142 valence electrons. The van der Waals surface area contributed by atoms with Gasteiger partial charge >= 0.3 is 0 Å². The van der Waals surface area contributed by atoms with E-state index in [0.29, 0.717) is 28.7 Å². The fourth-order valence-corrected chi connectivity index (χ4v) is 3.92. The van der Waals surface area contributed by atoms with E-state index in [1.165, 1.54) is 6.33 Å². The third-order valence-electron chi connectivity index (χ3n) is 5.38. The minimum atomic E-state index is -0.0630. The SMILES string of the molecule is CC[C@H]1O[C@@H](n2cnc3c(Oc4cccc5cccnc45)ncnc32)C[C@H]1C. The molecule has 1 saturated heterocycles. The number of rotatable bonds is 4. The molecule has 0 saturated carbocycles. The molecule has 7 heteroatoms. The second kappa shape index (κ2) is 6.83. The van der Waals surface area contributed by atoms with Crippen LogP contribution in [-0.2, 0) is 4.74 Å². The van der Waals surface area contributed by atoms with Gasteiger partial charge in [0.25, 0.3) is 5.88 Å². The maximum Gasteiger partial charge on any atom is 0.251 e. The summed E-state index contributed by atoms with van der Waals surface area (Å²) in [7, 11) is 0. The number of hydrogen-bond donors (Lipinski definition) is 0. The summed E-state index contributed by atoms with van der Waals surface area (Å²) < 4.78 is 14.3. The van der Waals surface area contributed by atoms with Crippen molar-refractivity contribution in [3.63, 3.8) is 0 Å². The number of hydrogen-bond acceptors (Lipinski definition) is 6. The Bertz CT molecular complexity index is 1140. The van der Waals surface area contributed by atoms with Crippen molar-refractivity contribution in [2.45, 2.75) is 39.0 Å². The molecule has 28 heavy (non-hydrogen) atoms. The Kier molecular flexibility index (Phi) is 4.16. The summed E-state index contributed by atoms with van der Waals surface area (Å²) >= 11 is 0. The number of para-hydroxylation sites is 1. The monoisotopic (exact) mass is 375 g/mol. The number of imidazole rings is 1. The van der Waals surface area contributed by atoms with Crippen molar-refractivity contribution in [2.24, 2.45) is 5.92 Å². The van der Waals surface area contributed by atoms with Crippen LogP contribution in [0.25, 0.3) is 22.1 Å². The molecule has 5 rings (SSSR count). The minimum Gasteiger partial charge on any atom is -0.435 e. The van der Waals surface area contributed by atoms with Crippen molar-refractivity contribution in [2.75, 3.05) is 0 Å². The van der Waals surface area contributed by atoms with E-state index in [0.717, 1.165) is 23.7 Å². The first-order valence-electron chi connectivity index (χ1n) is 9.59. The van der Waals surface area contributed by atoms with Gasteiger partial charge in [0.1, 0.15) is 18.1 Å². The van der Waals surface area contributed by atoms with Crippen LogP contribution in [0.15, 0.2) is 49.2 Å². The first-order chi connectivity index (χ1) is 13.7. The van der Waals surface area contributed by atoms with Gasteiger partial charge in [-0.25, -0.2) is 9.97 Å². The molecule has 0 unspecified atom stereocenters. The molecule has 0 bridgehead atoms. The Labute approximate surface area is 162 Å². The van der Waals surface area contributed by atoms with Gasteiger partial charge < -0.3 is 9.47 Å². The Balaban J connectivity index is 1.52. The molecule has 0 amide bonds. The summed E-state index contributed by atoms with van der Waals surface area (Å²) in [4.78, 5) is 17.7. The smallest absolute Gasteiger partial charge is 0.251 e. The molecule has 3 atom stereocenters. The lowest BCUT2D eigenvalue weighted by Gasteiger charge is -2.14. The van der Waals surface area contributed by atoms with Crippen LogP contribution < -0.4 is 4.74 Å². The number of nitrogens with zero attached hydrogens (tertiary/aromatic N) is 5. The number of fused-ring (bicyclic) bond motifs is 2. The Hall–Kier alpha value is -3.06. The van der Waals surface area contributed by atoms with E-state index in [1.807, 2.05) is 34.9 Å². The summed E-state index contributed by atoms with van der Waals surface area (Å²) in [6, 6.07) is 9.73. The zero-order valence-corrected chi connectivity index (χ0v) is 15.8. The van der Waals surface area contributed by atoms with Gasteiger partial charge in [-0.2, -0.15) is 4.98 Å². The van der Waals surface area contributed by atoms with Crippen molar-refractivity contribution in [1.82, 2.24) is 24.5 Å². The largest absolute Gasteiger partial charge is 0.435 e. The molecule has 1 aliphatic heterocycles. The number of aromatic nitrogens is 5. The van der Waals surface area contributed by atoms with E-state index in [-0.39, 0.29) is 12.3 Å². The van der Waals surface area contributed by atoms with Crippen LogP contribution in [0, 0.1) is 5.92 Å². The number of pyridine rings is 1. The van der Waals surface area contributed by atoms with E-state index in [9.17, 15) is 0 Å². The van der Waals surface area contributed by atoms with Crippen molar-refractivity contribution < 1.29 is 9.47 Å². The van der Waals surface area contributed by atoms with Crippen molar-refractivity contribution in [3.8, 4) is 11.6 Å². The van der Waals surface area contributed by atoms with E-state index in [1.54, 1.807) is 12.5 Å². The number of benzene rings is 1. The molecule has 7 nitrogen and oxygen atoms in total. The zero-order valence-electron chi connectivity index (χ0n) is 15.8. The quantitative estimate of drug-likeness (QED) is 0.523. The maximum atomic E-state index is 6.20.